The van der Waals surface area contributed by atoms with Crippen LogP contribution in [0.1, 0.15) is 69.7 Å². The molecule has 1 aliphatic rings. The van der Waals surface area contributed by atoms with Crippen LogP contribution >= 0.6 is 0 Å². The minimum absolute atomic E-state index is 0.369. The lowest BCUT2D eigenvalue weighted by Gasteiger charge is -2.23. The average molecular weight is 381 g/mol. The van der Waals surface area contributed by atoms with Crippen molar-refractivity contribution in [3.05, 3.63) is 29.6 Å². The van der Waals surface area contributed by atoms with Crippen molar-refractivity contribution in [1.29, 1.82) is 0 Å². The number of benzene rings is 1. The zero-order valence-corrected chi connectivity index (χ0v) is 16.4. The van der Waals surface area contributed by atoms with E-state index in [0.717, 1.165) is 56.8 Å². The second-order valence-electron chi connectivity index (χ2n) is 7.54. The maximum atomic E-state index is 13.1. The van der Waals surface area contributed by atoms with Gasteiger partial charge in [-0.25, -0.2) is 4.98 Å². The van der Waals surface area contributed by atoms with Crippen molar-refractivity contribution in [2.75, 3.05) is 19.6 Å². The smallest absolute Gasteiger partial charge is 0.328 e. The lowest BCUT2D eigenvalue weighted by Crippen LogP contribution is -2.25. The summed E-state index contributed by atoms with van der Waals surface area (Å²) >= 11 is 0. The highest BCUT2D eigenvalue weighted by atomic mass is 19.4. The molecule has 0 aliphatic heterocycles. The van der Waals surface area contributed by atoms with Crippen LogP contribution in [0.2, 0.25) is 0 Å². The molecule has 27 heavy (non-hydrogen) atoms. The summed E-state index contributed by atoms with van der Waals surface area (Å²) in [4.78, 5) is 7.07. The predicted molar refractivity (Wildman–Crippen MR) is 103 cm³/mol. The number of hydrogen-bond donors (Lipinski definition) is 0. The molecule has 0 amide bonds. The summed E-state index contributed by atoms with van der Waals surface area (Å²) in [5, 5.41) is 0. The van der Waals surface area contributed by atoms with Crippen molar-refractivity contribution in [3.8, 4) is 0 Å². The summed E-state index contributed by atoms with van der Waals surface area (Å²) < 4.78 is 41.5. The van der Waals surface area contributed by atoms with Gasteiger partial charge in [-0.1, -0.05) is 33.1 Å². The van der Waals surface area contributed by atoms with Crippen LogP contribution in [-0.4, -0.2) is 34.1 Å². The van der Waals surface area contributed by atoms with Crippen molar-refractivity contribution in [1.82, 2.24) is 14.5 Å². The van der Waals surface area contributed by atoms with Gasteiger partial charge in [-0.2, -0.15) is 13.2 Å². The van der Waals surface area contributed by atoms with Gasteiger partial charge in [0.05, 0.1) is 16.6 Å². The second-order valence-corrected chi connectivity index (χ2v) is 7.54. The van der Waals surface area contributed by atoms with E-state index in [1.807, 2.05) is 0 Å². The van der Waals surface area contributed by atoms with Gasteiger partial charge in [-0.3, -0.25) is 0 Å². The normalized spacial score (nSPS) is 16.5. The maximum Gasteiger partial charge on any atom is 0.416 e. The van der Waals surface area contributed by atoms with Gasteiger partial charge in [0, 0.05) is 12.5 Å². The molecule has 2 aromatic rings. The number of rotatable bonds is 7. The quantitative estimate of drug-likeness (QED) is 0.601. The molecule has 0 atom stereocenters. The fourth-order valence-electron chi connectivity index (χ4n) is 4.22. The standard InChI is InChI=1S/C21H30F3N3/c1-3-26(4-2)13-8-14-27-19-12-11-17(21(22,23)24)15-18(19)25-20(27)16-9-6-5-7-10-16/h11-12,15-16H,3-10,13-14H2,1-2H3. The first kappa shape index (κ1) is 20.2. The molecule has 0 radical (unpaired) electrons. The van der Waals surface area contributed by atoms with Crippen LogP contribution in [0.4, 0.5) is 13.2 Å². The monoisotopic (exact) mass is 381 g/mol. The van der Waals surface area contributed by atoms with Crippen LogP contribution in [-0.2, 0) is 12.7 Å². The third-order valence-corrected chi connectivity index (χ3v) is 5.83. The largest absolute Gasteiger partial charge is 0.416 e. The van der Waals surface area contributed by atoms with E-state index in [-0.39, 0.29) is 0 Å². The molecule has 3 rings (SSSR count). The first-order chi connectivity index (χ1) is 12.9. The van der Waals surface area contributed by atoms with E-state index in [2.05, 4.69) is 23.3 Å². The summed E-state index contributed by atoms with van der Waals surface area (Å²) in [5.74, 6) is 1.36. The fraction of sp³-hybridized carbons (Fsp3) is 0.667. The number of halogens is 3. The lowest BCUT2D eigenvalue weighted by molar-refractivity contribution is -0.137. The number of aromatic nitrogens is 2. The van der Waals surface area contributed by atoms with Gasteiger partial charge in [-0.05, 0) is 57.1 Å². The molecule has 0 N–H and O–H groups in total. The van der Waals surface area contributed by atoms with Gasteiger partial charge in [-0.15, -0.1) is 0 Å². The van der Waals surface area contributed by atoms with Gasteiger partial charge < -0.3 is 9.47 Å². The van der Waals surface area contributed by atoms with E-state index in [0.29, 0.717) is 11.4 Å². The van der Waals surface area contributed by atoms with E-state index in [9.17, 15) is 13.2 Å². The molecule has 1 heterocycles. The van der Waals surface area contributed by atoms with Crippen LogP contribution in [0.5, 0.6) is 0 Å². The van der Waals surface area contributed by atoms with Gasteiger partial charge in [0.1, 0.15) is 5.82 Å². The minimum Gasteiger partial charge on any atom is -0.328 e. The summed E-state index contributed by atoms with van der Waals surface area (Å²) in [6.45, 7) is 8.16. The van der Waals surface area contributed by atoms with E-state index in [1.165, 1.54) is 31.4 Å². The Morgan fingerprint density at radius 2 is 1.81 bits per heavy atom. The Morgan fingerprint density at radius 3 is 2.44 bits per heavy atom. The highest BCUT2D eigenvalue weighted by Gasteiger charge is 2.31. The zero-order chi connectivity index (χ0) is 19.4. The van der Waals surface area contributed by atoms with Gasteiger partial charge >= 0.3 is 6.18 Å². The van der Waals surface area contributed by atoms with E-state index >= 15 is 0 Å². The van der Waals surface area contributed by atoms with Crippen molar-refractivity contribution in [2.45, 2.75) is 71.0 Å². The molecule has 1 saturated carbocycles. The predicted octanol–water partition coefficient (Wildman–Crippen LogP) is 5.83. The van der Waals surface area contributed by atoms with Crippen molar-refractivity contribution in [3.63, 3.8) is 0 Å². The number of imidazole rings is 1. The Balaban J connectivity index is 1.91. The molecule has 1 fully saturated rings. The third kappa shape index (κ3) is 4.65. The SMILES string of the molecule is CCN(CC)CCCn1c(C2CCCCC2)nc2cc(C(F)(F)F)ccc21. The molecule has 0 bridgehead atoms. The third-order valence-electron chi connectivity index (χ3n) is 5.83. The van der Waals surface area contributed by atoms with E-state index < -0.39 is 11.7 Å². The van der Waals surface area contributed by atoms with Gasteiger partial charge in [0.2, 0.25) is 0 Å². The number of nitrogens with zero attached hydrogens (tertiary/aromatic N) is 3. The molecule has 1 aliphatic carbocycles. The number of aryl methyl sites for hydroxylation is 1. The van der Waals surface area contributed by atoms with Crippen LogP contribution < -0.4 is 0 Å². The number of hydrogen-bond acceptors (Lipinski definition) is 2. The molecule has 3 nitrogen and oxygen atoms in total. The summed E-state index contributed by atoms with van der Waals surface area (Å²) in [6, 6.07) is 4.01. The Hall–Kier alpha value is -1.56. The maximum absolute atomic E-state index is 13.1. The van der Waals surface area contributed by atoms with E-state index in [4.69, 9.17) is 4.98 Å². The summed E-state index contributed by atoms with van der Waals surface area (Å²) in [6.07, 6.45) is 2.44. The minimum atomic E-state index is -4.33. The molecule has 6 heteroatoms. The molecule has 1 aromatic heterocycles. The number of alkyl halides is 3. The summed E-state index contributed by atoms with van der Waals surface area (Å²) in [5.41, 5.74) is 0.703. The highest BCUT2D eigenvalue weighted by Crippen LogP contribution is 2.36. The fourth-order valence-corrected chi connectivity index (χ4v) is 4.22. The molecule has 1 aromatic carbocycles. The Kier molecular flexibility index (Phi) is 6.45. The van der Waals surface area contributed by atoms with Gasteiger partial charge in [0.25, 0.3) is 0 Å². The van der Waals surface area contributed by atoms with Crippen molar-refractivity contribution >= 4 is 11.0 Å². The van der Waals surface area contributed by atoms with Crippen LogP contribution in [0.3, 0.4) is 0 Å². The van der Waals surface area contributed by atoms with Crippen molar-refractivity contribution in [2.24, 2.45) is 0 Å². The van der Waals surface area contributed by atoms with Crippen molar-refractivity contribution < 1.29 is 13.2 Å². The van der Waals surface area contributed by atoms with Crippen LogP contribution in [0.15, 0.2) is 18.2 Å². The summed E-state index contributed by atoms with van der Waals surface area (Å²) in [7, 11) is 0. The Bertz CT molecular complexity index is 741. The topological polar surface area (TPSA) is 21.1 Å². The Labute approximate surface area is 159 Å². The molecule has 0 saturated heterocycles. The first-order valence-electron chi connectivity index (χ1n) is 10.2. The number of fused-ring (bicyclic) bond motifs is 1. The highest BCUT2D eigenvalue weighted by molar-refractivity contribution is 5.77. The molecule has 0 unspecified atom stereocenters. The molecular formula is C21H30F3N3. The lowest BCUT2D eigenvalue weighted by atomic mass is 9.88. The zero-order valence-electron chi connectivity index (χ0n) is 16.4. The van der Waals surface area contributed by atoms with Crippen LogP contribution in [0.25, 0.3) is 11.0 Å². The first-order valence-corrected chi connectivity index (χ1v) is 10.2. The van der Waals surface area contributed by atoms with Crippen LogP contribution in [0, 0.1) is 0 Å². The molecule has 0 spiro atoms. The average Bonchev–Trinajstić information content (AvgIpc) is 3.03. The second kappa shape index (κ2) is 8.63. The van der Waals surface area contributed by atoms with Gasteiger partial charge in [0.15, 0.2) is 0 Å². The molecule has 150 valence electrons. The Morgan fingerprint density at radius 1 is 1.11 bits per heavy atom. The van der Waals surface area contributed by atoms with E-state index in [1.54, 1.807) is 6.07 Å². The molecular weight excluding hydrogens is 351 g/mol.